The Kier molecular flexibility index (Phi) is 6.74. The zero-order valence-electron chi connectivity index (χ0n) is 17.2. The number of nitrogens with one attached hydrogen (secondary N) is 1. The molecule has 5 nitrogen and oxygen atoms in total. The molecule has 160 valence electrons. The summed E-state index contributed by atoms with van der Waals surface area (Å²) in [6.07, 6.45) is 0. The van der Waals surface area contributed by atoms with E-state index in [4.69, 9.17) is 16.6 Å². The molecule has 1 N–H and O–H groups in total. The van der Waals surface area contributed by atoms with Gasteiger partial charge in [0.15, 0.2) is 5.16 Å². The van der Waals surface area contributed by atoms with Crippen molar-refractivity contribution in [3.05, 3.63) is 81.1 Å². The van der Waals surface area contributed by atoms with Crippen LogP contribution >= 0.6 is 35.1 Å². The minimum absolute atomic E-state index is 0.0798. The van der Waals surface area contributed by atoms with Crippen LogP contribution in [0.3, 0.4) is 0 Å². The van der Waals surface area contributed by atoms with Crippen molar-refractivity contribution in [3.63, 3.8) is 0 Å². The number of carbonyl (C=O) groups is 1. The summed E-state index contributed by atoms with van der Waals surface area (Å²) < 4.78 is 1.60. The number of amides is 1. The zero-order chi connectivity index (χ0) is 22.0. The lowest BCUT2D eigenvalue weighted by Gasteiger charge is -2.15. The number of halogens is 1. The Hall–Kier alpha value is -2.22. The first-order valence-electron chi connectivity index (χ1n) is 9.97. The van der Waals surface area contributed by atoms with Crippen LogP contribution in [0.2, 0.25) is 5.02 Å². The summed E-state index contributed by atoms with van der Waals surface area (Å²) in [5, 5.41) is 5.07. The molecule has 0 saturated carbocycles. The summed E-state index contributed by atoms with van der Waals surface area (Å²) in [5.74, 6) is 0.175. The lowest BCUT2D eigenvalue weighted by Crippen LogP contribution is -2.28. The number of rotatable bonds is 6. The molecule has 1 aliphatic rings. The molecular weight excluding hydrogens is 450 g/mol. The average molecular weight is 472 g/mol. The summed E-state index contributed by atoms with van der Waals surface area (Å²) in [6, 6.07) is 16.8. The molecule has 4 rings (SSSR count). The lowest BCUT2D eigenvalue weighted by atomic mass is 10.0. The molecule has 2 atom stereocenters. The maximum Gasteiger partial charge on any atom is 0.263 e. The predicted octanol–water partition coefficient (Wildman–Crippen LogP) is 4.89. The Balaban J connectivity index is 1.60. The molecule has 0 radical (unpaired) electrons. The van der Waals surface area contributed by atoms with Gasteiger partial charge in [-0.1, -0.05) is 67.5 Å². The van der Waals surface area contributed by atoms with E-state index in [2.05, 4.69) is 19.2 Å². The van der Waals surface area contributed by atoms with Crippen LogP contribution in [0.4, 0.5) is 0 Å². The lowest BCUT2D eigenvalue weighted by molar-refractivity contribution is -0.118. The number of benzene rings is 2. The maximum absolute atomic E-state index is 13.4. The van der Waals surface area contributed by atoms with Gasteiger partial charge in [-0.25, -0.2) is 4.98 Å². The molecule has 1 aliphatic heterocycles. The summed E-state index contributed by atoms with van der Waals surface area (Å²) in [4.78, 5) is 30.7. The Bertz CT molecular complexity index is 1150. The Morgan fingerprint density at radius 3 is 2.58 bits per heavy atom. The number of nitrogens with zero attached hydrogens (tertiary/aromatic N) is 2. The minimum Gasteiger partial charge on any atom is -0.351 e. The molecule has 8 heteroatoms. The molecule has 3 aromatic rings. The fourth-order valence-corrected chi connectivity index (χ4v) is 5.63. The molecular formula is C23H22ClN3O2S2. The van der Waals surface area contributed by atoms with Gasteiger partial charge >= 0.3 is 0 Å². The third kappa shape index (κ3) is 4.84. The summed E-state index contributed by atoms with van der Waals surface area (Å²) >= 11 is 8.92. The highest BCUT2D eigenvalue weighted by atomic mass is 35.5. The number of aromatic nitrogens is 2. The van der Waals surface area contributed by atoms with Crippen molar-refractivity contribution in [2.45, 2.75) is 41.7 Å². The van der Waals surface area contributed by atoms with Crippen LogP contribution in [0.25, 0.3) is 5.69 Å². The van der Waals surface area contributed by atoms with Crippen LogP contribution in [-0.2, 0) is 11.3 Å². The molecule has 0 bridgehead atoms. The molecule has 31 heavy (non-hydrogen) atoms. The van der Waals surface area contributed by atoms with E-state index in [1.54, 1.807) is 40.6 Å². The summed E-state index contributed by atoms with van der Waals surface area (Å²) in [7, 11) is 0. The van der Waals surface area contributed by atoms with E-state index in [9.17, 15) is 9.59 Å². The third-order valence-electron chi connectivity index (χ3n) is 5.26. The Morgan fingerprint density at radius 1 is 1.16 bits per heavy atom. The van der Waals surface area contributed by atoms with Crippen molar-refractivity contribution in [2.24, 2.45) is 0 Å². The largest absolute Gasteiger partial charge is 0.351 e. The fourth-order valence-electron chi connectivity index (χ4n) is 3.38. The van der Waals surface area contributed by atoms with Gasteiger partial charge in [-0.15, -0.1) is 11.8 Å². The van der Waals surface area contributed by atoms with Crippen LogP contribution < -0.4 is 10.9 Å². The quantitative estimate of drug-likeness (QED) is 0.315. The van der Waals surface area contributed by atoms with Gasteiger partial charge in [0.25, 0.3) is 5.56 Å². The second kappa shape index (κ2) is 9.51. The van der Waals surface area contributed by atoms with Crippen molar-refractivity contribution < 1.29 is 4.79 Å². The van der Waals surface area contributed by atoms with Crippen LogP contribution in [-0.4, -0.2) is 26.5 Å². The fraction of sp³-hybridized carbons (Fsp3) is 0.261. The van der Waals surface area contributed by atoms with E-state index < -0.39 is 0 Å². The molecule has 1 amide bonds. The molecule has 1 aromatic heterocycles. The summed E-state index contributed by atoms with van der Waals surface area (Å²) in [6.45, 7) is 4.63. The van der Waals surface area contributed by atoms with Gasteiger partial charge in [-0.2, -0.15) is 0 Å². The highest BCUT2D eigenvalue weighted by Crippen LogP contribution is 2.43. The highest BCUT2D eigenvalue weighted by molar-refractivity contribution is 8.00. The van der Waals surface area contributed by atoms with E-state index in [-0.39, 0.29) is 28.4 Å². The predicted molar refractivity (Wildman–Crippen MR) is 128 cm³/mol. The second-order valence-corrected chi connectivity index (χ2v) is 10.1. The Morgan fingerprint density at radius 2 is 1.87 bits per heavy atom. The van der Waals surface area contributed by atoms with Gasteiger partial charge in [-0.3, -0.25) is 14.2 Å². The van der Waals surface area contributed by atoms with Gasteiger partial charge in [0.05, 0.1) is 17.0 Å². The van der Waals surface area contributed by atoms with Crippen molar-refractivity contribution in [3.8, 4) is 5.69 Å². The van der Waals surface area contributed by atoms with Crippen molar-refractivity contribution >= 4 is 41.0 Å². The van der Waals surface area contributed by atoms with Crippen LogP contribution in [0.5, 0.6) is 0 Å². The van der Waals surface area contributed by atoms with Gasteiger partial charge < -0.3 is 5.32 Å². The number of hydrogen-bond donors (Lipinski definition) is 1. The first kappa shape index (κ1) is 22.0. The van der Waals surface area contributed by atoms with Crippen molar-refractivity contribution in [1.29, 1.82) is 0 Å². The minimum atomic E-state index is -0.111. The SMILES string of the molecule is C[C@@H]1Sc2nc(SCC(=O)NCc3ccccc3)n(-c3ccc(Cl)cc3)c(=O)c2[C@@H]1C. The first-order chi connectivity index (χ1) is 14.9. The number of thioether (sulfide) groups is 2. The van der Waals surface area contributed by atoms with E-state index >= 15 is 0 Å². The topological polar surface area (TPSA) is 64.0 Å². The van der Waals surface area contributed by atoms with Gasteiger partial charge in [0, 0.05) is 22.7 Å². The maximum atomic E-state index is 13.4. The van der Waals surface area contributed by atoms with Crippen LogP contribution in [0, 0.1) is 0 Å². The normalized spacial score (nSPS) is 17.4. The molecule has 0 spiro atoms. The van der Waals surface area contributed by atoms with Gasteiger partial charge in [-0.05, 0) is 29.8 Å². The molecule has 0 unspecified atom stereocenters. The molecule has 0 aliphatic carbocycles. The monoisotopic (exact) mass is 471 g/mol. The standard InChI is InChI=1S/C23H22ClN3O2S2/c1-14-15(2)31-21-20(14)22(29)27(18-10-8-17(24)9-11-18)23(26-21)30-13-19(28)25-12-16-6-4-3-5-7-16/h3-11,14-15H,12-13H2,1-2H3,(H,25,28)/t14-,15+/m1/s1. The zero-order valence-corrected chi connectivity index (χ0v) is 19.6. The third-order valence-corrected chi connectivity index (χ3v) is 7.76. The number of carbonyl (C=O) groups excluding carboxylic acids is 1. The van der Waals surface area contributed by atoms with Crippen molar-refractivity contribution in [2.75, 3.05) is 5.75 Å². The van der Waals surface area contributed by atoms with Crippen molar-refractivity contribution in [1.82, 2.24) is 14.9 Å². The molecule has 0 saturated heterocycles. The van der Waals surface area contributed by atoms with Gasteiger partial charge in [0.2, 0.25) is 5.91 Å². The van der Waals surface area contributed by atoms with E-state index in [0.717, 1.165) is 16.2 Å². The molecule has 0 fully saturated rings. The van der Waals surface area contributed by atoms with E-state index in [1.165, 1.54) is 11.8 Å². The number of hydrogen-bond acceptors (Lipinski definition) is 5. The molecule has 2 heterocycles. The van der Waals surface area contributed by atoms with Gasteiger partial charge in [0.1, 0.15) is 5.03 Å². The van der Waals surface area contributed by atoms with E-state index in [1.807, 2.05) is 30.3 Å². The smallest absolute Gasteiger partial charge is 0.263 e. The molecule has 2 aromatic carbocycles. The Labute approximate surface area is 194 Å². The van der Waals surface area contributed by atoms with Crippen LogP contribution in [0.15, 0.2) is 69.6 Å². The number of fused-ring (bicyclic) bond motifs is 1. The highest BCUT2D eigenvalue weighted by Gasteiger charge is 2.33. The summed E-state index contributed by atoms with van der Waals surface area (Å²) in [5.41, 5.74) is 2.39. The van der Waals surface area contributed by atoms with Crippen LogP contribution in [0.1, 0.15) is 30.9 Å². The second-order valence-electron chi connectivity index (χ2n) is 7.39. The average Bonchev–Trinajstić information content (AvgIpc) is 3.06. The van der Waals surface area contributed by atoms with E-state index in [0.29, 0.717) is 22.4 Å². The first-order valence-corrected chi connectivity index (χ1v) is 12.2.